The fourth-order valence-corrected chi connectivity index (χ4v) is 1.63. The first-order valence-electron chi connectivity index (χ1n) is 3.29. The fraction of sp³-hybridized carbons (Fsp3) is 0.833. The molecule has 2 atom stereocenters. The first-order chi connectivity index (χ1) is 4.36. The highest BCUT2D eigenvalue weighted by atomic mass is 32.1. The van der Waals surface area contributed by atoms with Crippen LogP contribution in [0.4, 0.5) is 0 Å². The molecule has 9 heavy (non-hydrogen) atoms. The summed E-state index contributed by atoms with van der Waals surface area (Å²) in [6.07, 6.45) is 2.99. The monoisotopic (exact) mass is 143 g/mol. The van der Waals surface area contributed by atoms with Crippen LogP contribution in [0.1, 0.15) is 12.8 Å². The molecule has 2 rings (SSSR count). The van der Waals surface area contributed by atoms with Crippen LogP contribution in [-0.2, 0) is 4.74 Å². The van der Waals surface area contributed by atoms with Crippen molar-refractivity contribution in [3.05, 3.63) is 0 Å². The average Bonchev–Trinajstić information content (AvgIpc) is 2.25. The average molecular weight is 143 g/mol. The van der Waals surface area contributed by atoms with Crippen LogP contribution >= 0.6 is 12.2 Å². The van der Waals surface area contributed by atoms with Crippen LogP contribution in [0.15, 0.2) is 0 Å². The Morgan fingerprint density at radius 3 is 3.22 bits per heavy atom. The summed E-state index contributed by atoms with van der Waals surface area (Å²) in [7, 11) is 0. The lowest BCUT2D eigenvalue weighted by molar-refractivity contribution is 0.0686. The van der Waals surface area contributed by atoms with Gasteiger partial charge in [-0.25, -0.2) is 0 Å². The zero-order chi connectivity index (χ0) is 6.27. The largest absolute Gasteiger partial charge is 0.375 e. The fourth-order valence-electron chi connectivity index (χ4n) is 1.38. The third kappa shape index (κ3) is 0.843. The second-order valence-corrected chi connectivity index (χ2v) is 3.01. The highest BCUT2D eigenvalue weighted by Crippen LogP contribution is 2.22. The molecular weight excluding hydrogens is 134 g/mol. The molecule has 0 saturated carbocycles. The van der Waals surface area contributed by atoms with E-state index in [1.807, 2.05) is 0 Å². The topological polar surface area (TPSA) is 21.3 Å². The maximum absolute atomic E-state index is 5.51. The summed E-state index contributed by atoms with van der Waals surface area (Å²) in [5, 5.41) is 3.15. The minimum absolute atomic E-state index is 0.249. The predicted octanol–water partition coefficient (Wildman–Crippen LogP) is 0.465. The van der Waals surface area contributed by atoms with Crippen molar-refractivity contribution in [3.8, 4) is 0 Å². The zero-order valence-corrected chi connectivity index (χ0v) is 5.91. The molecule has 2 unspecified atom stereocenters. The number of ether oxygens (including phenoxy) is 1. The summed E-state index contributed by atoms with van der Waals surface area (Å²) in [4.78, 5) is 0.906. The Kier molecular flexibility index (Phi) is 1.20. The molecule has 2 aliphatic heterocycles. The van der Waals surface area contributed by atoms with Crippen LogP contribution in [0.25, 0.3) is 0 Å². The highest BCUT2D eigenvalue weighted by molar-refractivity contribution is 7.80. The van der Waals surface area contributed by atoms with Gasteiger partial charge in [0, 0.05) is 6.54 Å². The lowest BCUT2D eigenvalue weighted by Gasteiger charge is -2.22. The molecule has 2 saturated heterocycles. The van der Waals surface area contributed by atoms with Crippen LogP contribution in [0.5, 0.6) is 0 Å². The molecule has 0 amide bonds. The number of thiocarbonyl (C=S) groups is 1. The van der Waals surface area contributed by atoms with Crippen LogP contribution in [-0.4, -0.2) is 23.7 Å². The van der Waals surface area contributed by atoms with Gasteiger partial charge in [0.05, 0.1) is 6.10 Å². The molecule has 1 N–H and O–H groups in total. The summed E-state index contributed by atoms with van der Waals surface area (Å²) in [5.74, 6) is 0. The first-order valence-corrected chi connectivity index (χ1v) is 3.70. The lowest BCUT2D eigenvalue weighted by Crippen LogP contribution is -2.42. The third-order valence-corrected chi connectivity index (χ3v) is 2.31. The maximum atomic E-state index is 5.51. The summed E-state index contributed by atoms with van der Waals surface area (Å²) < 4.78 is 5.51. The van der Waals surface area contributed by atoms with Gasteiger partial charge >= 0.3 is 0 Å². The number of fused-ring (bicyclic) bond motifs is 2. The minimum atomic E-state index is 0.249. The smallest absolute Gasteiger partial charge is 0.108 e. The Labute approximate surface area is 59.6 Å². The van der Waals surface area contributed by atoms with E-state index >= 15 is 0 Å². The van der Waals surface area contributed by atoms with Crippen molar-refractivity contribution in [1.29, 1.82) is 0 Å². The summed E-state index contributed by atoms with van der Waals surface area (Å²) >= 11 is 5.02. The summed E-state index contributed by atoms with van der Waals surface area (Å²) in [6.45, 7) is 0.926. The number of nitrogens with one attached hydrogen (secondary N) is 1. The van der Waals surface area contributed by atoms with Gasteiger partial charge < -0.3 is 10.1 Å². The molecule has 2 aliphatic rings. The van der Waals surface area contributed by atoms with Crippen molar-refractivity contribution < 1.29 is 4.74 Å². The van der Waals surface area contributed by atoms with Crippen LogP contribution in [0, 0.1) is 0 Å². The Hall–Kier alpha value is -0.150. The van der Waals surface area contributed by atoms with Crippen LogP contribution in [0.2, 0.25) is 0 Å². The van der Waals surface area contributed by atoms with Crippen molar-refractivity contribution in [1.82, 2.24) is 5.32 Å². The van der Waals surface area contributed by atoms with Crippen LogP contribution < -0.4 is 5.32 Å². The first kappa shape index (κ1) is 5.62. The van der Waals surface area contributed by atoms with Gasteiger partial charge in [0.15, 0.2) is 0 Å². The van der Waals surface area contributed by atoms with E-state index in [1.54, 1.807) is 0 Å². The molecule has 2 nitrogen and oxygen atoms in total. The van der Waals surface area contributed by atoms with Gasteiger partial charge in [0.1, 0.15) is 11.1 Å². The Bertz CT molecular complexity index is 148. The van der Waals surface area contributed by atoms with E-state index in [-0.39, 0.29) is 6.10 Å². The zero-order valence-electron chi connectivity index (χ0n) is 5.09. The van der Waals surface area contributed by atoms with E-state index in [0.717, 1.165) is 18.0 Å². The molecule has 0 aliphatic carbocycles. The lowest BCUT2D eigenvalue weighted by atomic mass is 10.2. The van der Waals surface area contributed by atoms with Gasteiger partial charge in [0.25, 0.3) is 0 Å². The molecule has 3 heteroatoms. The molecular formula is C6H9NOS. The molecule has 2 heterocycles. The van der Waals surface area contributed by atoms with Crippen molar-refractivity contribution in [2.24, 2.45) is 0 Å². The Balaban J connectivity index is 2.14. The van der Waals surface area contributed by atoms with Gasteiger partial charge in [-0.3, -0.25) is 0 Å². The standard InChI is InChI=1S/C6H9NOS/c9-6-5-2-1-4(8-5)3-7-6/h4-5H,1-3H2,(H,7,9). The maximum Gasteiger partial charge on any atom is 0.108 e. The molecule has 2 bridgehead atoms. The predicted molar refractivity (Wildman–Crippen MR) is 38.5 cm³/mol. The third-order valence-electron chi connectivity index (χ3n) is 1.90. The van der Waals surface area contributed by atoms with Gasteiger partial charge in [-0.15, -0.1) is 0 Å². The van der Waals surface area contributed by atoms with Crippen molar-refractivity contribution >= 4 is 17.2 Å². The van der Waals surface area contributed by atoms with Gasteiger partial charge in [0.2, 0.25) is 0 Å². The van der Waals surface area contributed by atoms with Crippen LogP contribution in [0.3, 0.4) is 0 Å². The SMILES string of the molecule is S=C1NCC2CCC1O2. The molecule has 0 aromatic rings. The van der Waals surface area contributed by atoms with Crippen molar-refractivity contribution in [2.75, 3.05) is 6.54 Å². The van der Waals surface area contributed by atoms with E-state index < -0.39 is 0 Å². The highest BCUT2D eigenvalue weighted by Gasteiger charge is 2.32. The summed E-state index contributed by atoms with van der Waals surface area (Å²) in [6, 6.07) is 0. The van der Waals surface area contributed by atoms with Gasteiger partial charge in [-0.2, -0.15) is 0 Å². The van der Waals surface area contributed by atoms with Gasteiger partial charge in [-0.05, 0) is 12.8 Å². The second-order valence-electron chi connectivity index (χ2n) is 2.57. The van der Waals surface area contributed by atoms with E-state index in [4.69, 9.17) is 17.0 Å². The normalized spacial score (nSPS) is 40.7. The molecule has 0 spiro atoms. The van der Waals surface area contributed by atoms with Crippen molar-refractivity contribution in [3.63, 3.8) is 0 Å². The molecule has 0 aromatic heterocycles. The Morgan fingerprint density at radius 2 is 2.44 bits per heavy atom. The molecule has 2 fully saturated rings. The van der Waals surface area contributed by atoms with E-state index in [1.165, 1.54) is 6.42 Å². The van der Waals surface area contributed by atoms with E-state index in [0.29, 0.717) is 6.10 Å². The molecule has 0 radical (unpaired) electrons. The van der Waals surface area contributed by atoms with Gasteiger partial charge in [-0.1, -0.05) is 12.2 Å². The molecule has 0 aromatic carbocycles. The number of hydrogen-bond acceptors (Lipinski definition) is 2. The number of morpholine rings is 1. The minimum Gasteiger partial charge on any atom is -0.375 e. The van der Waals surface area contributed by atoms with E-state index in [2.05, 4.69) is 5.32 Å². The Morgan fingerprint density at radius 1 is 1.56 bits per heavy atom. The second kappa shape index (κ2) is 1.92. The summed E-state index contributed by atoms with van der Waals surface area (Å²) in [5.41, 5.74) is 0. The van der Waals surface area contributed by atoms with E-state index in [9.17, 15) is 0 Å². The van der Waals surface area contributed by atoms with Crippen molar-refractivity contribution in [2.45, 2.75) is 25.0 Å². The number of rotatable bonds is 0. The number of hydrogen-bond donors (Lipinski definition) is 1. The quantitative estimate of drug-likeness (QED) is 0.498. The molecule has 50 valence electrons.